The molecule has 1 fully saturated rings. The van der Waals surface area contributed by atoms with E-state index in [-0.39, 0.29) is 18.6 Å². The Morgan fingerprint density at radius 2 is 2.06 bits per heavy atom. The molecule has 3 aromatic heterocycles. The zero-order valence-electron chi connectivity index (χ0n) is 18.1. The molecule has 1 saturated heterocycles. The molecule has 0 spiro atoms. The van der Waals surface area contributed by atoms with Crippen molar-refractivity contribution in [1.29, 1.82) is 0 Å². The van der Waals surface area contributed by atoms with Crippen molar-refractivity contribution < 1.29 is 13.9 Å². The predicted octanol–water partition coefficient (Wildman–Crippen LogP) is 2.12. The van der Waals surface area contributed by atoms with Crippen LogP contribution in [0.3, 0.4) is 0 Å². The number of aryl methyl sites for hydroxylation is 1. The van der Waals surface area contributed by atoms with Crippen LogP contribution in [0.15, 0.2) is 53.6 Å². The van der Waals surface area contributed by atoms with Crippen LogP contribution in [-0.2, 0) is 16.1 Å². The SMILES string of the molecule is Cc1nn(CC(=O)NC[C@@H]2CCCO2)c(=O)c2c(-n3cccc3)n(-c3cccc(F)c3)nc12. The Morgan fingerprint density at radius 1 is 1.24 bits per heavy atom. The molecule has 0 unspecified atom stereocenters. The number of aromatic nitrogens is 5. The van der Waals surface area contributed by atoms with Crippen LogP contribution in [0.4, 0.5) is 4.39 Å². The van der Waals surface area contributed by atoms with Gasteiger partial charge in [-0.05, 0) is 50.1 Å². The van der Waals surface area contributed by atoms with Crippen LogP contribution in [0.25, 0.3) is 22.4 Å². The van der Waals surface area contributed by atoms with Crippen molar-refractivity contribution in [1.82, 2.24) is 29.4 Å². The molecular weight excluding hydrogens is 427 g/mol. The van der Waals surface area contributed by atoms with Crippen LogP contribution >= 0.6 is 0 Å². The topological polar surface area (TPSA) is 96.0 Å². The number of hydrogen-bond acceptors (Lipinski definition) is 5. The van der Waals surface area contributed by atoms with Crippen LogP contribution in [0, 0.1) is 12.7 Å². The highest BCUT2D eigenvalue weighted by Gasteiger charge is 2.23. The highest BCUT2D eigenvalue weighted by molar-refractivity contribution is 5.88. The van der Waals surface area contributed by atoms with E-state index in [1.54, 1.807) is 36.0 Å². The van der Waals surface area contributed by atoms with E-state index in [0.717, 1.165) is 17.5 Å². The number of halogens is 1. The van der Waals surface area contributed by atoms with Gasteiger partial charge in [-0.1, -0.05) is 6.07 Å². The number of rotatable bonds is 6. The van der Waals surface area contributed by atoms with E-state index in [9.17, 15) is 14.0 Å². The van der Waals surface area contributed by atoms with Crippen molar-refractivity contribution in [2.45, 2.75) is 32.4 Å². The second-order valence-corrected chi connectivity index (χ2v) is 8.02. The molecule has 4 aromatic rings. The molecule has 1 N–H and O–H groups in total. The summed E-state index contributed by atoms with van der Waals surface area (Å²) >= 11 is 0. The van der Waals surface area contributed by atoms with Gasteiger partial charge in [0.2, 0.25) is 5.91 Å². The zero-order valence-corrected chi connectivity index (χ0v) is 18.1. The third-order valence-corrected chi connectivity index (χ3v) is 5.67. The fraction of sp³-hybridized carbons (Fsp3) is 0.304. The van der Waals surface area contributed by atoms with Gasteiger partial charge in [-0.15, -0.1) is 0 Å². The largest absolute Gasteiger partial charge is 0.376 e. The lowest BCUT2D eigenvalue weighted by molar-refractivity contribution is -0.122. The molecule has 1 aromatic carbocycles. The second kappa shape index (κ2) is 8.62. The van der Waals surface area contributed by atoms with Gasteiger partial charge in [0, 0.05) is 25.5 Å². The van der Waals surface area contributed by atoms with Gasteiger partial charge in [-0.3, -0.25) is 9.59 Å². The second-order valence-electron chi connectivity index (χ2n) is 8.02. The van der Waals surface area contributed by atoms with Gasteiger partial charge in [0.15, 0.2) is 5.82 Å². The van der Waals surface area contributed by atoms with Crippen LogP contribution in [0.1, 0.15) is 18.5 Å². The summed E-state index contributed by atoms with van der Waals surface area (Å²) in [5.41, 5.74) is 0.896. The Labute approximate surface area is 188 Å². The van der Waals surface area contributed by atoms with Gasteiger partial charge in [-0.25, -0.2) is 13.8 Å². The lowest BCUT2D eigenvalue weighted by atomic mass is 10.2. The summed E-state index contributed by atoms with van der Waals surface area (Å²) in [5.74, 6) is -0.288. The first-order valence-corrected chi connectivity index (χ1v) is 10.8. The number of carbonyl (C=O) groups is 1. The summed E-state index contributed by atoms with van der Waals surface area (Å²) in [7, 11) is 0. The standard InChI is InChI=1S/C23H23FN6O3/c1-15-21-20(23(32)29(26-15)14-19(31)25-13-18-8-5-11-33-18)22(28-9-2-3-10-28)30(27-21)17-7-4-6-16(24)12-17/h2-4,6-7,9-10,12,18H,5,8,11,13-14H2,1H3,(H,25,31)/t18-/m0/s1. The number of nitrogens with one attached hydrogen (secondary N) is 1. The predicted molar refractivity (Wildman–Crippen MR) is 119 cm³/mol. The van der Waals surface area contributed by atoms with Gasteiger partial charge in [0.05, 0.1) is 17.5 Å². The number of hydrogen-bond donors (Lipinski definition) is 1. The smallest absolute Gasteiger partial charge is 0.280 e. The average molecular weight is 450 g/mol. The van der Waals surface area contributed by atoms with Gasteiger partial charge in [0.25, 0.3) is 5.56 Å². The summed E-state index contributed by atoms with van der Waals surface area (Å²) in [6.07, 6.45) is 5.45. The minimum Gasteiger partial charge on any atom is -0.376 e. The van der Waals surface area contributed by atoms with Crippen LogP contribution in [0.5, 0.6) is 0 Å². The van der Waals surface area contributed by atoms with Crippen molar-refractivity contribution in [3.63, 3.8) is 0 Å². The van der Waals surface area contributed by atoms with E-state index < -0.39 is 11.4 Å². The number of amides is 1. The molecule has 1 aliphatic rings. The molecule has 0 radical (unpaired) electrons. The monoisotopic (exact) mass is 450 g/mol. The van der Waals surface area contributed by atoms with E-state index in [1.807, 2.05) is 12.1 Å². The molecule has 4 heterocycles. The highest BCUT2D eigenvalue weighted by atomic mass is 19.1. The van der Waals surface area contributed by atoms with E-state index in [2.05, 4.69) is 15.5 Å². The number of ether oxygens (including phenoxy) is 1. The molecule has 0 bridgehead atoms. The summed E-state index contributed by atoms with van der Waals surface area (Å²) < 4.78 is 23.9. The lowest BCUT2D eigenvalue weighted by Crippen LogP contribution is -2.37. The molecule has 5 rings (SSSR count). The minimum absolute atomic E-state index is 0.00712. The van der Waals surface area contributed by atoms with Crippen LogP contribution in [0.2, 0.25) is 0 Å². The average Bonchev–Trinajstić information content (AvgIpc) is 3.56. The molecule has 0 saturated carbocycles. The molecule has 33 heavy (non-hydrogen) atoms. The van der Waals surface area contributed by atoms with Gasteiger partial charge < -0.3 is 14.6 Å². The third kappa shape index (κ3) is 4.05. The Bertz CT molecular complexity index is 1370. The lowest BCUT2D eigenvalue weighted by Gasteiger charge is -2.12. The van der Waals surface area contributed by atoms with Crippen molar-refractivity contribution in [2.24, 2.45) is 0 Å². The molecule has 9 nitrogen and oxygen atoms in total. The van der Waals surface area contributed by atoms with Gasteiger partial charge >= 0.3 is 0 Å². The maximum Gasteiger partial charge on any atom is 0.280 e. The summed E-state index contributed by atoms with van der Waals surface area (Å²) in [6, 6.07) is 9.62. The van der Waals surface area contributed by atoms with E-state index in [1.165, 1.54) is 16.8 Å². The summed E-state index contributed by atoms with van der Waals surface area (Å²) in [6.45, 7) is 2.61. The quantitative estimate of drug-likeness (QED) is 0.486. The molecule has 170 valence electrons. The third-order valence-electron chi connectivity index (χ3n) is 5.67. The van der Waals surface area contributed by atoms with Gasteiger partial charge in [0.1, 0.15) is 23.3 Å². The van der Waals surface area contributed by atoms with Gasteiger partial charge in [-0.2, -0.15) is 10.2 Å². The molecule has 0 aliphatic carbocycles. The maximum absolute atomic E-state index is 14.0. The first-order valence-electron chi connectivity index (χ1n) is 10.8. The summed E-state index contributed by atoms with van der Waals surface area (Å²) in [5, 5.41) is 12.0. The molecular formula is C23H23FN6O3. The maximum atomic E-state index is 14.0. The fourth-order valence-electron chi connectivity index (χ4n) is 4.10. The van der Waals surface area contributed by atoms with Crippen LogP contribution in [-0.4, -0.2) is 49.3 Å². The van der Waals surface area contributed by atoms with Crippen LogP contribution < -0.4 is 10.9 Å². The van der Waals surface area contributed by atoms with Crippen molar-refractivity contribution in [2.75, 3.05) is 13.2 Å². The highest BCUT2D eigenvalue weighted by Crippen LogP contribution is 2.24. The van der Waals surface area contributed by atoms with E-state index in [0.29, 0.717) is 41.3 Å². The first-order chi connectivity index (χ1) is 16.0. The Kier molecular flexibility index (Phi) is 5.51. The Balaban J connectivity index is 1.58. The van der Waals surface area contributed by atoms with E-state index in [4.69, 9.17) is 4.74 Å². The minimum atomic E-state index is -0.450. The molecule has 1 amide bonds. The zero-order chi connectivity index (χ0) is 22.9. The van der Waals surface area contributed by atoms with E-state index >= 15 is 0 Å². The molecule has 1 atom stereocenters. The van der Waals surface area contributed by atoms with Crippen molar-refractivity contribution >= 4 is 16.8 Å². The molecule has 10 heteroatoms. The summed E-state index contributed by atoms with van der Waals surface area (Å²) in [4.78, 5) is 26.0. The molecule has 1 aliphatic heterocycles. The van der Waals surface area contributed by atoms with Crippen molar-refractivity contribution in [3.8, 4) is 11.5 Å². The number of nitrogens with zero attached hydrogens (tertiary/aromatic N) is 5. The number of benzene rings is 1. The normalized spacial score (nSPS) is 15.9. The fourth-order valence-corrected chi connectivity index (χ4v) is 4.10. The van der Waals surface area contributed by atoms with Crippen molar-refractivity contribution in [3.05, 3.63) is 70.7 Å². The number of fused-ring (bicyclic) bond motifs is 1. The Morgan fingerprint density at radius 3 is 2.79 bits per heavy atom. The first kappa shape index (κ1) is 21.1. The number of carbonyl (C=O) groups excluding carboxylic acids is 1. The Hall–Kier alpha value is -3.79.